The van der Waals surface area contributed by atoms with E-state index in [9.17, 15) is 14.7 Å². The smallest absolute Gasteiger partial charge is 0.329 e. The van der Waals surface area contributed by atoms with Crippen LogP contribution in [0, 0.1) is 0 Å². The number of imidazole rings is 1. The van der Waals surface area contributed by atoms with Crippen molar-refractivity contribution in [3.8, 4) is 0 Å². The van der Waals surface area contributed by atoms with E-state index in [1.807, 2.05) is 30.3 Å². The zero-order chi connectivity index (χ0) is 19.7. The molecule has 3 aromatic rings. The molecule has 0 amide bonds. The van der Waals surface area contributed by atoms with Gasteiger partial charge in [0.2, 0.25) is 5.95 Å². The van der Waals surface area contributed by atoms with E-state index in [2.05, 4.69) is 14.9 Å². The number of aliphatic hydroxyl groups is 1. The predicted octanol–water partition coefficient (Wildman–Crippen LogP) is 1.54. The van der Waals surface area contributed by atoms with Crippen molar-refractivity contribution < 1.29 is 5.11 Å². The van der Waals surface area contributed by atoms with E-state index >= 15 is 0 Å². The highest BCUT2D eigenvalue weighted by Crippen LogP contribution is 2.25. The van der Waals surface area contributed by atoms with Crippen molar-refractivity contribution in [3.63, 3.8) is 0 Å². The van der Waals surface area contributed by atoms with Gasteiger partial charge in [-0.2, -0.15) is 4.98 Å². The Morgan fingerprint density at radius 3 is 2.46 bits per heavy atom. The molecule has 0 radical (unpaired) electrons. The lowest BCUT2D eigenvalue weighted by Gasteiger charge is -2.23. The van der Waals surface area contributed by atoms with Crippen molar-refractivity contribution in [2.75, 3.05) is 18.0 Å². The molecule has 2 N–H and O–H groups in total. The lowest BCUT2D eigenvalue weighted by atomic mass is 10.1. The number of aromatic nitrogens is 4. The summed E-state index contributed by atoms with van der Waals surface area (Å²) in [7, 11) is 1.60. The van der Waals surface area contributed by atoms with Crippen LogP contribution in [0.1, 0.15) is 37.4 Å². The van der Waals surface area contributed by atoms with E-state index in [1.165, 1.54) is 17.4 Å². The van der Waals surface area contributed by atoms with Gasteiger partial charge in [-0.15, -0.1) is 0 Å². The van der Waals surface area contributed by atoms with Gasteiger partial charge >= 0.3 is 5.69 Å². The summed E-state index contributed by atoms with van der Waals surface area (Å²) in [4.78, 5) is 33.9. The summed E-state index contributed by atoms with van der Waals surface area (Å²) in [5.74, 6) is 0.638. The number of nitrogens with one attached hydrogen (secondary N) is 1. The first-order chi connectivity index (χ1) is 13.6. The lowest BCUT2D eigenvalue weighted by Crippen LogP contribution is -2.30. The molecule has 8 heteroatoms. The van der Waals surface area contributed by atoms with E-state index in [4.69, 9.17) is 0 Å². The molecule has 148 valence electrons. The number of hydrogen-bond acceptors (Lipinski definition) is 5. The number of fused-ring (bicyclic) bond motifs is 1. The fourth-order valence-corrected chi connectivity index (χ4v) is 3.86. The van der Waals surface area contributed by atoms with Crippen LogP contribution in [0.4, 0.5) is 5.95 Å². The first-order valence-electron chi connectivity index (χ1n) is 9.74. The Morgan fingerprint density at radius 1 is 1.11 bits per heavy atom. The largest absolute Gasteiger partial charge is 0.387 e. The van der Waals surface area contributed by atoms with E-state index in [1.54, 1.807) is 11.6 Å². The predicted molar refractivity (Wildman–Crippen MR) is 108 cm³/mol. The topological polar surface area (TPSA) is 96.1 Å². The summed E-state index contributed by atoms with van der Waals surface area (Å²) >= 11 is 0. The fourth-order valence-electron chi connectivity index (χ4n) is 3.86. The number of H-pyrrole nitrogens is 1. The highest BCUT2D eigenvalue weighted by molar-refractivity contribution is 5.74. The highest BCUT2D eigenvalue weighted by Gasteiger charge is 2.24. The van der Waals surface area contributed by atoms with Crippen LogP contribution >= 0.6 is 0 Å². The highest BCUT2D eigenvalue weighted by atomic mass is 16.3. The summed E-state index contributed by atoms with van der Waals surface area (Å²) < 4.78 is 3.11. The van der Waals surface area contributed by atoms with Crippen LogP contribution in [-0.4, -0.2) is 37.3 Å². The number of nitrogens with zero attached hydrogens (tertiary/aromatic N) is 4. The monoisotopic (exact) mass is 383 g/mol. The Labute approximate surface area is 162 Å². The maximum Gasteiger partial charge on any atom is 0.329 e. The van der Waals surface area contributed by atoms with Crippen LogP contribution in [0.5, 0.6) is 0 Å². The van der Waals surface area contributed by atoms with Crippen LogP contribution in [0.2, 0.25) is 0 Å². The Kier molecular flexibility index (Phi) is 5.04. The summed E-state index contributed by atoms with van der Waals surface area (Å²) in [5, 5.41) is 10.8. The van der Waals surface area contributed by atoms with Gasteiger partial charge in [-0.05, 0) is 18.4 Å². The number of rotatable bonds is 4. The van der Waals surface area contributed by atoms with Crippen LogP contribution in [0.25, 0.3) is 11.2 Å². The van der Waals surface area contributed by atoms with E-state index in [0.29, 0.717) is 17.1 Å². The lowest BCUT2D eigenvalue weighted by molar-refractivity contribution is 0.158. The zero-order valence-electron chi connectivity index (χ0n) is 16.0. The normalized spacial score (nSPS) is 16.3. The molecule has 2 aromatic heterocycles. The van der Waals surface area contributed by atoms with Gasteiger partial charge in [-0.25, -0.2) is 4.79 Å². The minimum Gasteiger partial charge on any atom is -0.387 e. The molecule has 1 aliphatic rings. The number of aliphatic hydroxyl groups excluding tert-OH is 1. The maximum atomic E-state index is 12.6. The average Bonchev–Trinajstić information content (AvgIpc) is 2.88. The van der Waals surface area contributed by atoms with Crippen molar-refractivity contribution in [2.24, 2.45) is 7.05 Å². The Balaban J connectivity index is 1.86. The van der Waals surface area contributed by atoms with Crippen LogP contribution in [0.15, 0.2) is 39.9 Å². The summed E-state index contributed by atoms with van der Waals surface area (Å²) in [5.41, 5.74) is 0.456. The third kappa shape index (κ3) is 3.35. The second-order valence-electron chi connectivity index (χ2n) is 7.34. The van der Waals surface area contributed by atoms with Crippen molar-refractivity contribution in [2.45, 2.75) is 38.3 Å². The van der Waals surface area contributed by atoms with E-state index in [-0.39, 0.29) is 6.54 Å². The molecule has 0 aliphatic carbocycles. The molecule has 0 saturated carbocycles. The molecule has 8 nitrogen and oxygen atoms in total. The molecule has 1 aliphatic heterocycles. The van der Waals surface area contributed by atoms with Crippen LogP contribution < -0.4 is 16.1 Å². The van der Waals surface area contributed by atoms with Gasteiger partial charge < -0.3 is 14.6 Å². The molecule has 1 atom stereocenters. The first-order valence-corrected chi connectivity index (χ1v) is 9.74. The van der Waals surface area contributed by atoms with Crippen molar-refractivity contribution >= 4 is 17.1 Å². The molecule has 4 rings (SSSR count). The number of hydrogen-bond donors (Lipinski definition) is 2. The van der Waals surface area contributed by atoms with Crippen molar-refractivity contribution in [3.05, 3.63) is 56.7 Å². The quantitative estimate of drug-likeness (QED) is 0.712. The van der Waals surface area contributed by atoms with Gasteiger partial charge in [0.1, 0.15) is 0 Å². The summed E-state index contributed by atoms with van der Waals surface area (Å²) in [6.45, 7) is 1.88. The Morgan fingerprint density at radius 2 is 1.79 bits per heavy atom. The Bertz CT molecular complexity index is 1070. The molecular weight excluding hydrogens is 358 g/mol. The third-order valence-corrected chi connectivity index (χ3v) is 5.42. The number of aromatic amines is 1. The number of aryl methyl sites for hydroxylation is 1. The molecular formula is C20H25N5O3. The van der Waals surface area contributed by atoms with E-state index in [0.717, 1.165) is 31.5 Å². The molecule has 1 fully saturated rings. The molecule has 28 heavy (non-hydrogen) atoms. The van der Waals surface area contributed by atoms with Gasteiger partial charge in [0.05, 0.1) is 12.6 Å². The number of benzene rings is 1. The molecule has 3 heterocycles. The van der Waals surface area contributed by atoms with Gasteiger partial charge in [-0.3, -0.25) is 14.3 Å². The number of anilines is 1. The van der Waals surface area contributed by atoms with Crippen LogP contribution in [-0.2, 0) is 13.6 Å². The third-order valence-electron chi connectivity index (χ3n) is 5.42. The maximum absolute atomic E-state index is 12.6. The molecule has 0 spiro atoms. The summed E-state index contributed by atoms with van der Waals surface area (Å²) in [6.07, 6.45) is 3.66. The molecule has 1 unspecified atom stereocenters. The Hall–Kier alpha value is -2.87. The van der Waals surface area contributed by atoms with Gasteiger partial charge in [0.15, 0.2) is 11.2 Å². The second-order valence-corrected chi connectivity index (χ2v) is 7.34. The van der Waals surface area contributed by atoms with E-state index < -0.39 is 17.4 Å². The standard InChI is InChI=1S/C20H25N5O3/c1-23-17-16(18(27)22-20(23)28)25(13-15(26)14-9-5-4-6-10-14)19(21-17)24-11-7-2-3-8-12-24/h4-6,9-10,15,26H,2-3,7-8,11-13H2,1H3,(H,22,27,28). The first kappa shape index (κ1) is 18.5. The van der Waals surface area contributed by atoms with Crippen LogP contribution in [0.3, 0.4) is 0 Å². The minimum atomic E-state index is -0.791. The summed E-state index contributed by atoms with van der Waals surface area (Å²) in [6, 6.07) is 9.35. The molecule has 1 saturated heterocycles. The average molecular weight is 383 g/mol. The van der Waals surface area contributed by atoms with Crippen molar-refractivity contribution in [1.82, 2.24) is 19.1 Å². The zero-order valence-corrected chi connectivity index (χ0v) is 16.0. The molecule has 1 aromatic carbocycles. The minimum absolute atomic E-state index is 0.188. The SMILES string of the molecule is Cn1c(=O)[nH]c(=O)c2c1nc(N1CCCCCC1)n2CC(O)c1ccccc1. The van der Waals surface area contributed by atoms with Crippen molar-refractivity contribution in [1.29, 1.82) is 0 Å². The molecule has 0 bridgehead atoms. The van der Waals surface area contributed by atoms with Gasteiger partial charge in [0, 0.05) is 20.1 Å². The van der Waals surface area contributed by atoms with Gasteiger partial charge in [-0.1, -0.05) is 43.2 Å². The van der Waals surface area contributed by atoms with Gasteiger partial charge in [0.25, 0.3) is 5.56 Å². The fraction of sp³-hybridized carbons (Fsp3) is 0.450. The second kappa shape index (κ2) is 7.63.